The number of hydrogen-bond acceptors (Lipinski definition) is 6. The van der Waals surface area contributed by atoms with Crippen molar-refractivity contribution in [1.82, 2.24) is 25.6 Å². The molecular weight excluding hydrogens is 368 g/mol. The van der Waals surface area contributed by atoms with E-state index < -0.39 is 11.9 Å². The van der Waals surface area contributed by atoms with E-state index in [9.17, 15) is 9.90 Å². The van der Waals surface area contributed by atoms with Crippen molar-refractivity contribution < 1.29 is 9.90 Å². The van der Waals surface area contributed by atoms with Crippen molar-refractivity contribution in [3.63, 3.8) is 0 Å². The van der Waals surface area contributed by atoms with E-state index in [1.54, 1.807) is 0 Å². The number of pyridine rings is 1. The number of rotatable bonds is 9. The van der Waals surface area contributed by atoms with Crippen LogP contribution in [0.1, 0.15) is 37.1 Å². The Bertz CT molecular complexity index is 907. The molecule has 2 unspecified atom stereocenters. The van der Waals surface area contributed by atoms with Gasteiger partial charge in [0.2, 0.25) is 0 Å². The van der Waals surface area contributed by atoms with Crippen LogP contribution in [0.5, 0.6) is 0 Å². The van der Waals surface area contributed by atoms with E-state index in [0.29, 0.717) is 18.7 Å². The highest BCUT2D eigenvalue weighted by atomic mass is 16.4. The highest BCUT2D eigenvalue weighted by molar-refractivity contribution is 5.71. The normalized spacial score (nSPS) is 13.1. The Kier molecular flexibility index (Phi) is 6.54. The second kappa shape index (κ2) is 9.27. The second-order valence-electron chi connectivity index (χ2n) is 7.31. The van der Waals surface area contributed by atoms with Gasteiger partial charge in [0.25, 0.3) is 0 Å². The number of nitrogens with one attached hydrogen (secondary N) is 1. The number of H-pyrrole nitrogens is 1. The highest BCUT2D eigenvalue weighted by Crippen LogP contribution is 2.30. The molecule has 1 aromatic carbocycles. The molecule has 8 heteroatoms. The van der Waals surface area contributed by atoms with Gasteiger partial charge in [0.05, 0.1) is 5.92 Å². The van der Waals surface area contributed by atoms with Crippen LogP contribution in [0.15, 0.2) is 42.6 Å². The maximum absolute atomic E-state index is 11.8. The van der Waals surface area contributed by atoms with Crippen LogP contribution < -0.4 is 4.90 Å². The average molecular weight is 394 g/mol. The summed E-state index contributed by atoms with van der Waals surface area (Å²) >= 11 is 0. The third kappa shape index (κ3) is 4.96. The van der Waals surface area contributed by atoms with E-state index in [0.717, 1.165) is 28.9 Å². The van der Waals surface area contributed by atoms with Crippen LogP contribution in [-0.2, 0) is 11.2 Å². The fourth-order valence-corrected chi connectivity index (χ4v) is 3.46. The summed E-state index contributed by atoms with van der Waals surface area (Å²) in [5, 5.41) is 23.9. The van der Waals surface area contributed by atoms with Gasteiger partial charge in [-0.3, -0.25) is 4.79 Å². The van der Waals surface area contributed by atoms with Crippen molar-refractivity contribution in [2.75, 3.05) is 19.0 Å². The number of aromatic amines is 1. The summed E-state index contributed by atoms with van der Waals surface area (Å²) in [6, 6.07) is 12.1. The van der Waals surface area contributed by atoms with Gasteiger partial charge >= 0.3 is 5.97 Å². The summed E-state index contributed by atoms with van der Waals surface area (Å²) in [6.45, 7) is 1.98. The van der Waals surface area contributed by atoms with Gasteiger partial charge in [0.1, 0.15) is 5.82 Å². The first-order chi connectivity index (χ1) is 14.0. The largest absolute Gasteiger partial charge is 0.481 e. The summed E-state index contributed by atoms with van der Waals surface area (Å²) < 4.78 is 0. The smallest absolute Gasteiger partial charge is 0.307 e. The Morgan fingerprint density at radius 3 is 2.38 bits per heavy atom. The molecule has 152 valence electrons. The number of carboxylic acid groups (broad SMARTS) is 1. The van der Waals surface area contributed by atoms with E-state index in [2.05, 4.69) is 25.6 Å². The number of aliphatic carboxylic acids is 1. The van der Waals surface area contributed by atoms with Gasteiger partial charge in [-0.2, -0.15) is 5.21 Å². The zero-order valence-corrected chi connectivity index (χ0v) is 16.9. The molecule has 0 amide bonds. The number of anilines is 1. The van der Waals surface area contributed by atoms with E-state index in [4.69, 9.17) is 0 Å². The Morgan fingerprint density at radius 2 is 1.86 bits per heavy atom. The third-order valence-corrected chi connectivity index (χ3v) is 5.04. The molecule has 8 nitrogen and oxygen atoms in total. The van der Waals surface area contributed by atoms with E-state index in [1.807, 2.05) is 68.5 Å². The molecule has 0 saturated carbocycles. The van der Waals surface area contributed by atoms with Crippen LogP contribution in [-0.4, -0.2) is 50.8 Å². The third-order valence-electron chi connectivity index (χ3n) is 5.04. The molecule has 29 heavy (non-hydrogen) atoms. The SMILES string of the molecule is CCCC(C(=O)O)C(Cc1ccc(-c2ccc(N(C)C)nc2)cc1)c1nn[nH]n1. The van der Waals surface area contributed by atoms with Crippen LogP contribution in [0.25, 0.3) is 11.1 Å². The molecule has 3 rings (SSSR count). The molecule has 0 spiro atoms. The summed E-state index contributed by atoms with van der Waals surface area (Å²) in [5.41, 5.74) is 3.13. The molecule has 2 N–H and O–H groups in total. The van der Waals surface area contributed by atoms with Crippen LogP contribution >= 0.6 is 0 Å². The zero-order chi connectivity index (χ0) is 20.8. The van der Waals surface area contributed by atoms with Crippen molar-refractivity contribution in [3.8, 4) is 11.1 Å². The lowest BCUT2D eigenvalue weighted by molar-refractivity contribution is -0.142. The molecule has 0 aliphatic heterocycles. The molecule has 0 fully saturated rings. The molecular formula is C21H26N6O2. The van der Waals surface area contributed by atoms with Crippen molar-refractivity contribution in [2.45, 2.75) is 32.1 Å². The van der Waals surface area contributed by atoms with Crippen molar-refractivity contribution in [3.05, 3.63) is 54.0 Å². The van der Waals surface area contributed by atoms with Gasteiger partial charge in [0.15, 0.2) is 5.82 Å². The minimum atomic E-state index is -0.828. The zero-order valence-electron chi connectivity index (χ0n) is 16.9. The number of carbonyl (C=O) groups is 1. The first kappa shape index (κ1) is 20.4. The van der Waals surface area contributed by atoms with E-state index in [-0.39, 0.29) is 5.92 Å². The molecule has 2 atom stereocenters. The fourth-order valence-electron chi connectivity index (χ4n) is 3.46. The Labute approximate surface area is 170 Å². The average Bonchev–Trinajstić information content (AvgIpc) is 3.25. The van der Waals surface area contributed by atoms with Gasteiger partial charge in [-0.1, -0.05) is 42.8 Å². The summed E-state index contributed by atoms with van der Waals surface area (Å²) in [7, 11) is 3.92. The minimum Gasteiger partial charge on any atom is -0.481 e. The highest BCUT2D eigenvalue weighted by Gasteiger charge is 2.31. The number of carboxylic acids is 1. The molecule has 3 aromatic rings. The number of hydrogen-bond donors (Lipinski definition) is 2. The van der Waals surface area contributed by atoms with Crippen molar-refractivity contribution in [2.24, 2.45) is 5.92 Å². The van der Waals surface area contributed by atoms with E-state index >= 15 is 0 Å². The number of aromatic nitrogens is 5. The predicted octanol–water partition coefficient (Wildman–Crippen LogP) is 3.15. The first-order valence-electron chi connectivity index (χ1n) is 9.68. The molecule has 0 aliphatic rings. The minimum absolute atomic E-state index is 0.335. The van der Waals surface area contributed by atoms with Gasteiger partial charge < -0.3 is 10.0 Å². The Morgan fingerprint density at radius 1 is 1.14 bits per heavy atom. The lowest BCUT2D eigenvalue weighted by Gasteiger charge is -2.21. The van der Waals surface area contributed by atoms with Crippen LogP contribution in [0.4, 0.5) is 5.82 Å². The molecule has 0 radical (unpaired) electrons. The summed E-state index contributed by atoms with van der Waals surface area (Å²) in [4.78, 5) is 18.2. The van der Waals surface area contributed by atoms with Gasteiger partial charge in [-0.25, -0.2) is 4.98 Å². The fraction of sp³-hybridized carbons (Fsp3) is 0.381. The second-order valence-corrected chi connectivity index (χ2v) is 7.31. The van der Waals surface area contributed by atoms with Crippen molar-refractivity contribution in [1.29, 1.82) is 0 Å². The monoisotopic (exact) mass is 394 g/mol. The predicted molar refractivity (Wildman–Crippen MR) is 111 cm³/mol. The molecule has 2 aromatic heterocycles. The lowest BCUT2D eigenvalue weighted by atomic mass is 9.83. The number of tetrazole rings is 1. The van der Waals surface area contributed by atoms with Crippen molar-refractivity contribution >= 4 is 11.8 Å². The first-order valence-corrected chi connectivity index (χ1v) is 9.68. The topological polar surface area (TPSA) is 108 Å². The van der Waals surface area contributed by atoms with Crippen LogP contribution in [0, 0.1) is 5.92 Å². The summed E-state index contributed by atoms with van der Waals surface area (Å²) in [6.07, 6.45) is 3.74. The Hall–Kier alpha value is -3.29. The van der Waals surface area contributed by atoms with Crippen LogP contribution in [0.3, 0.4) is 0 Å². The van der Waals surface area contributed by atoms with Gasteiger partial charge in [-0.05, 0) is 36.1 Å². The standard InChI is InChI=1S/C21H26N6O2/c1-4-5-17(21(28)29)18(20-23-25-26-24-20)12-14-6-8-15(9-7-14)16-10-11-19(22-13-16)27(2)3/h6-11,13,17-18H,4-5,12H2,1-3H3,(H,28,29)(H,23,24,25,26). The number of nitrogens with zero attached hydrogens (tertiary/aromatic N) is 5. The molecule has 2 heterocycles. The lowest BCUT2D eigenvalue weighted by Crippen LogP contribution is -2.25. The maximum atomic E-state index is 11.8. The summed E-state index contributed by atoms with van der Waals surface area (Å²) in [5.74, 6) is -0.370. The molecule has 0 bridgehead atoms. The van der Waals surface area contributed by atoms with Crippen LogP contribution in [0.2, 0.25) is 0 Å². The molecule has 0 saturated heterocycles. The van der Waals surface area contributed by atoms with Gasteiger partial charge in [-0.15, -0.1) is 10.2 Å². The molecule has 0 aliphatic carbocycles. The maximum Gasteiger partial charge on any atom is 0.307 e. The number of benzene rings is 1. The quantitative estimate of drug-likeness (QED) is 0.574. The van der Waals surface area contributed by atoms with Gasteiger partial charge in [0, 0.05) is 31.8 Å². The van der Waals surface area contributed by atoms with E-state index in [1.165, 1.54) is 0 Å². The Balaban J connectivity index is 1.81.